The Bertz CT molecular complexity index is 1310. The van der Waals surface area contributed by atoms with Gasteiger partial charge in [-0.3, -0.25) is 9.48 Å². The molecule has 7 nitrogen and oxygen atoms in total. The Hall–Kier alpha value is -3.36. The van der Waals surface area contributed by atoms with E-state index in [4.69, 9.17) is 14.2 Å². The summed E-state index contributed by atoms with van der Waals surface area (Å²) >= 11 is 1.73. The van der Waals surface area contributed by atoms with Crippen molar-refractivity contribution < 1.29 is 19.0 Å². The minimum Gasteiger partial charge on any atom is -0.487 e. The van der Waals surface area contributed by atoms with E-state index in [0.717, 1.165) is 34.6 Å². The van der Waals surface area contributed by atoms with E-state index in [1.54, 1.807) is 28.4 Å². The number of aromatic nitrogens is 2. The molecule has 1 saturated heterocycles. The second kappa shape index (κ2) is 9.12. The first kappa shape index (κ1) is 21.2. The van der Waals surface area contributed by atoms with Gasteiger partial charge < -0.3 is 19.1 Å². The van der Waals surface area contributed by atoms with Gasteiger partial charge in [-0.2, -0.15) is 5.10 Å². The van der Waals surface area contributed by atoms with E-state index in [-0.39, 0.29) is 18.6 Å². The Balaban J connectivity index is 1.38. The third kappa shape index (κ3) is 4.15. The maximum absolute atomic E-state index is 13.0. The summed E-state index contributed by atoms with van der Waals surface area (Å²) in [6, 6.07) is 14.4. The predicted molar refractivity (Wildman–Crippen MR) is 130 cm³/mol. The van der Waals surface area contributed by atoms with Crippen LogP contribution in [0.25, 0.3) is 21.2 Å². The van der Waals surface area contributed by atoms with Crippen LogP contribution in [0.2, 0.25) is 0 Å². The zero-order valence-corrected chi connectivity index (χ0v) is 19.5. The van der Waals surface area contributed by atoms with Crippen molar-refractivity contribution >= 4 is 27.3 Å². The summed E-state index contributed by atoms with van der Waals surface area (Å²) < 4.78 is 21.0. The summed E-state index contributed by atoms with van der Waals surface area (Å²) in [5.74, 6) is 1.46. The number of hydrogen-bond acceptors (Lipinski definition) is 6. The van der Waals surface area contributed by atoms with Crippen molar-refractivity contribution in [3.63, 3.8) is 0 Å². The first-order valence-electron chi connectivity index (χ1n) is 11.5. The van der Waals surface area contributed by atoms with E-state index >= 15 is 0 Å². The van der Waals surface area contributed by atoms with E-state index in [9.17, 15) is 4.79 Å². The van der Waals surface area contributed by atoms with Gasteiger partial charge in [-0.15, -0.1) is 11.3 Å². The molecule has 2 aliphatic rings. The number of carbonyl (C=O) groups is 1. The van der Waals surface area contributed by atoms with Gasteiger partial charge in [0.25, 0.3) is 0 Å². The van der Waals surface area contributed by atoms with E-state index in [1.165, 1.54) is 10.1 Å². The van der Waals surface area contributed by atoms with Crippen molar-refractivity contribution in [2.75, 3.05) is 26.4 Å². The molecule has 1 unspecified atom stereocenters. The monoisotopic (exact) mass is 475 g/mol. The Morgan fingerprint density at radius 2 is 2.15 bits per heavy atom. The van der Waals surface area contributed by atoms with Crippen molar-refractivity contribution in [2.24, 2.45) is 0 Å². The fourth-order valence-electron chi connectivity index (χ4n) is 4.56. The molecule has 0 bridgehead atoms. The molecule has 1 atom stereocenters. The lowest BCUT2D eigenvalue weighted by atomic mass is 10.0. The summed E-state index contributed by atoms with van der Waals surface area (Å²) in [5.41, 5.74) is 3.18. The highest BCUT2D eigenvalue weighted by molar-refractivity contribution is 7.17. The van der Waals surface area contributed by atoms with Gasteiger partial charge in [-0.05, 0) is 35.2 Å². The first-order valence-corrected chi connectivity index (χ1v) is 12.4. The van der Waals surface area contributed by atoms with Crippen LogP contribution in [0.1, 0.15) is 12.0 Å². The number of thiophene rings is 1. The van der Waals surface area contributed by atoms with Crippen molar-refractivity contribution in [3.8, 4) is 22.6 Å². The number of nitrogens with zero attached hydrogens (tertiary/aromatic N) is 3. The van der Waals surface area contributed by atoms with Crippen LogP contribution in [0.5, 0.6) is 11.5 Å². The smallest absolute Gasteiger partial charge is 0.244 e. The van der Waals surface area contributed by atoms with Crippen LogP contribution in [-0.2, 0) is 22.6 Å². The number of amides is 1. The molecule has 2 aromatic heterocycles. The Morgan fingerprint density at radius 3 is 3.00 bits per heavy atom. The molecule has 174 valence electrons. The molecule has 1 fully saturated rings. The van der Waals surface area contributed by atoms with Crippen molar-refractivity contribution in [1.82, 2.24) is 14.7 Å². The van der Waals surface area contributed by atoms with Crippen molar-refractivity contribution in [3.05, 3.63) is 65.8 Å². The average Bonchev–Trinajstić information content (AvgIpc) is 3.60. The number of hydrogen-bond donors (Lipinski definition) is 0. The third-order valence-electron chi connectivity index (χ3n) is 6.28. The molecule has 0 N–H and O–H groups in total. The minimum atomic E-state index is 0.00275. The van der Waals surface area contributed by atoms with Gasteiger partial charge in [0.15, 0.2) is 11.5 Å². The summed E-state index contributed by atoms with van der Waals surface area (Å²) in [6.07, 6.45) is 4.34. The molecule has 0 spiro atoms. The fraction of sp³-hybridized carbons (Fsp3) is 0.308. The standard InChI is InChI=1S/C26H25N3O4S/c30-25(15-29-8-3-7-27-29)28-9-11-32-26-19(14-28)12-18(13-23(26)33-20-6-10-31-16-20)22-17-34-24-5-2-1-4-21(22)24/h1-5,7-8,12-13,17,20H,6,9-11,14-16H2. The van der Waals surface area contributed by atoms with Crippen LogP contribution < -0.4 is 9.47 Å². The van der Waals surface area contributed by atoms with Gasteiger partial charge in [-0.25, -0.2) is 0 Å². The lowest BCUT2D eigenvalue weighted by molar-refractivity contribution is -0.132. The van der Waals surface area contributed by atoms with Crippen LogP contribution >= 0.6 is 11.3 Å². The molecule has 0 saturated carbocycles. The van der Waals surface area contributed by atoms with Gasteiger partial charge in [0.2, 0.25) is 5.91 Å². The second-order valence-electron chi connectivity index (χ2n) is 8.58. The quantitative estimate of drug-likeness (QED) is 0.429. The molecule has 4 heterocycles. The van der Waals surface area contributed by atoms with Crippen LogP contribution in [0.3, 0.4) is 0 Å². The molecule has 0 radical (unpaired) electrons. The number of fused-ring (bicyclic) bond motifs is 2. The van der Waals surface area contributed by atoms with Gasteiger partial charge >= 0.3 is 0 Å². The number of carbonyl (C=O) groups excluding carboxylic acids is 1. The highest BCUT2D eigenvalue weighted by Gasteiger charge is 2.26. The highest BCUT2D eigenvalue weighted by Crippen LogP contribution is 2.42. The maximum Gasteiger partial charge on any atom is 0.244 e. The topological polar surface area (TPSA) is 65.8 Å². The zero-order valence-electron chi connectivity index (χ0n) is 18.7. The first-order chi connectivity index (χ1) is 16.7. The van der Waals surface area contributed by atoms with Crippen LogP contribution in [0.4, 0.5) is 0 Å². The number of benzene rings is 2. The van der Waals surface area contributed by atoms with Gasteiger partial charge in [0.1, 0.15) is 19.3 Å². The summed E-state index contributed by atoms with van der Waals surface area (Å²) in [4.78, 5) is 14.9. The zero-order chi connectivity index (χ0) is 22.9. The summed E-state index contributed by atoms with van der Waals surface area (Å²) in [5, 5.41) is 7.57. The Kier molecular flexibility index (Phi) is 5.68. The van der Waals surface area contributed by atoms with Gasteiger partial charge in [-0.1, -0.05) is 18.2 Å². The minimum absolute atomic E-state index is 0.00275. The normalized spacial score (nSPS) is 17.9. The van der Waals surface area contributed by atoms with Gasteiger partial charge in [0.05, 0.1) is 19.8 Å². The summed E-state index contributed by atoms with van der Waals surface area (Å²) in [6.45, 7) is 2.88. The van der Waals surface area contributed by atoms with Crippen molar-refractivity contribution in [2.45, 2.75) is 25.6 Å². The van der Waals surface area contributed by atoms with Crippen LogP contribution in [0.15, 0.2) is 60.2 Å². The molecule has 2 aromatic carbocycles. The molecule has 8 heteroatoms. The van der Waals surface area contributed by atoms with E-state index in [1.807, 2.05) is 11.0 Å². The third-order valence-corrected chi connectivity index (χ3v) is 7.25. The number of rotatable bonds is 5. The Labute approximate surface area is 201 Å². The molecule has 34 heavy (non-hydrogen) atoms. The number of ether oxygens (including phenoxy) is 3. The van der Waals surface area contributed by atoms with Crippen LogP contribution in [-0.4, -0.2) is 53.1 Å². The lowest BCUT2D eigenvalue weighted by Gasteiger charge is -2.21. The predicted octanol–water partition coefficient (Wildman–Crippen LogP) is 4.35. The SMILES string of the molecule is O=C(Cn1cccn1)N1CCOc2c(cc(-c3csc4ccccc34)cc2OC2CCOC2)C1. The molecule has 1 amide bonds. The second-order valence-corrected chi connectivity index (χ2v) is 9.49. The molecule has 6 rings (SSSR count). The molecule has 4 aromatic rings. The molecule has 2 aliphatic heterocycles. The average molecular weight is 476 g/mol. The summed E-state index contributed by atoms with van der Waals surface area (Å²) in [7, 11) is 0. The van der Waals surface area contributed by atoms with Gasteiger partial charge in [0, 0.05) is 46.6 Å². The largest absolute Gasteiger partial charge is 0.487 e. The molecular weight excluding hydrogens is 450 g/mol. The molecule has 0 aliphatic carbocycles. The van der Waals surface area contributed by atoms with E-state index < -0.39 is 0 Å². The lowest BCUT2D eigenvalue weighted by Crippen LogP contribution is -2.35. The van der Waals surface area contributed by atoms with Crippen LogP contribution in [0, 0.1) is 0 Å². The van der Waals surface area contributed by atoms with E-state index in [0.29, 0.717) is 32.9 Å². The van der Waals surface area contributed by atoms with E-state index in [2.05, 4.69) is 46.9 Å². The highest BCUT2D eigenvalue weighted by atomic mass is 32.1. The fourth-order valence-corrected chi connectivity index (χ4v) is 5.53. The molecular formula is C26H25N3O4S. The maximum atomic E-state index is 13.0. The Morgan fingerprint density at radius 1 is 1.21 bits per heavy atom. The van der Waals surface area contributed by atoms with Crippen molar-refractivity contribution in [1.29, 1.82) is 0 Å².